The van der Waals surface area contributed by atoms with Crippen molar-refractivity contribution in [3.8, 4) is 6.07 Å². The number of unbranched alkanes of at least 4 members (excludes halogenated alkanes) is 2. The summed E-state index contributed by atoms with van der Waals surface area (Å²) >= 11 is 0. The van der Waals surface area contributed by atoms with Gasteiger partial charge in [-0.25, -0.2) is 0 Å². The van der Waals surface area contributed by atoms with Gasteiger partial charge in [-0.15, -0.1) is 0 Å². The fourth-order valence-electron chi connectivity index (χ4n) is 1.05. The van der Waals surface area contributed by atoms with E-state index in [2.05, 4.69) is 11.4 Å². The molecule has 1 amide bonds. The molecule has 0 saturated carbocycles. The Hall–Kier alpha value is -1.08. The Kier molecular flexibility index (Phi) is 6.72. The van der Waals surface area contributed by atoms with Gasteiger partial charge in [0, 0.05) is 13.0 Å². The van der Waals surface area contributed by atoms with E-state index >= 15 is 0 Å². The molecular formula is C11H21N3O. The molecule has 0 radical (unpaired) electrons. The summed E-state index contributed by atoms with van der Waals surface area (Å²) in [7, 11) is 0. The predicted octanol–water partition coefficient (Wildman–Crippen LogP) is 1.17. The minimum Gasteiger partial charge on any atom is -0.355 e. The summed E-state index contributed by atoms with van der Waals surface area (Å²) in [5.41, 5.74) is 4.86. The van der Waals surface area contributed by atoms with Crippen molar-refractivity contribution in [2.45, 2.75) is 39.5 Å². The molecule has 0 atom stereocenters. The molecule has 0 aliphatic rings. The highest BCUT2D eigenvalue weighted by Gasteiger charge is 2.17. The number of nitrogens with one attached hydrogen (secondary N) is 1. The molecule has 0 aromatic heterocycles. The first kappa shape index (κ1) is 13.9. The van der Waals surface area contributed by atoms with E-state index in [0.29, 0.717) is 19.5 Å². The normalized spacial score (nSPS) is 10.8. The molecule has 86 valence electrons. The van der Waals surface area contributed by atoms with Gasteiger partial charge >= 0.3 is 0 Å². The van der Waals surface area contributed by atoms with E-state index in [1.807, 2.05) is 13.8 Å². The van der Waals surface area contributed by atoms with Crippen LogP contribution in [-0.2, 0) is 4.79 Å². The first-order chi connectivity index (χ1) is 7.02. The van der Waals surface area contributed by atoms with Gasteiger partial charge in [0.05, 0.1) is 11.5 Å². The monoisotopic (exact) mass is 211 g/mol. The summed E-state index contributed by atoms with van der Waals surface area (Å²) < 4.78 is 0. The molecule has 0 unspecified atom stereocenters. The zero-order valence-corrected chi connectivity index (χ0v) is 9.68. The molecule has 0 bridgehead atoms. The minimum absolute atomic E-state index is 0.0235. The van der Waals surface area contributed by atoms with E-state index in [0.717, 1.165) is 19.3 Å². The fourth-order valence-corrected chi connectivity index (χ4v) is 1.05. The lowest BCUT2D eigenvalue weighted by atomic mass is 9.96. The van der Waals surface area contributed by atoms with Crippen LogP contribution < -0.4 is 11.1 Å². The van der Waals surface area contributed by atoms with E-state index < -0.39 is 5.41 Å². The first-order valence-corrected chi connectivity index (χ1v) is 5.40. The molecule has 0 saturated heterocycles. The Morgan fingerprint density at radius 2 is 2.07 bits per heavy atom. The summed E-state index contributed by atoms with van der Waals surface area (Å²) in [4.78, 5) is 11.3. The van der Waals surface area contributed by atoms with Crippen LogP contribution in [0.5, 0.6) is 0 Å². The van der Waals surface area contributed by atoms with Crippen LogP contribution >= 0.6 is 0 Å². The average Bonchev–Trinajstić information content (AvgIpc) is 2.22. The van der Waals surface area contributed by atoms with Crippen molar-refractivity contribution in [1.82, 2.24) is 5.32 Å². The summed E-state index contributed by atoms with van der Waals surface area (Å²) in [6.07, 6.45) is 3.36. The Bertz CT molecular complexity index is 230. The van der Waals surface area contributed by atoms with Gasteiger partial charge in [0.1, 0.15) is 0 Å². The summed E-state index contributed by atoms with van der Waals surface area (Å²) in [6.45, 7) is 4.71. The maximum atomic E-state index is 11.3. The number of nitrogens with zero attached hydrogens (tertiary/aromatic N) is 1. The maximum Gasteiger partial charge on any atom is 0.220 e. The molecule has 0 heterocycles. The molecule has 0 fully saturated rings. The van der Waals surface area contributed by atoms with Crippen LogP contribution in [0.4, 0.5) is 0 Å². The molecule has 4 heteroatoms. The van der Waals surface area contributed by atoms with Gasteiger partial charge in [0.15, 0.2) is 0 Å². The van der Waals surface area contributed by atoms with Crippen LogP contribution in [0, 0.1) is 16.7 Å². The van der Waals surface area contributed by atoms with Gasteiger partial charge in [-0.3, -0.25) is 4.79 Å². The van der Waals surface area contributed by atoms with E-state index in [1.54, 1.807) is 0 Å². The second-order valence-corrected chi connectivity index (χ2v) is 4.37. The van der Waals surface area contributed by atoms with Gasteiger partial charge in [0.25, 0.3) is 0 Å². The van der Waals surface area contributed by atoms with Crippen molar-refractivity contribution in [1.29, 1.82) is 5.26 Å². The number of hydrogen-bond donors (Lipinski definition) is 2. The number of hydrogen-bond acceptors (Lipinski definition) is 3. The molecule has 0 aliphatic carbocycles. The second kappa shape index (κ2) is 7.24. The molecule has 15 heavy (non-hydrogen) atoms. The van der Waals surface area contributed by atoms with Crippen molar-refractivity contribution >= 4 is 5.91 Å². The minimum atomic E-state index is -0.479. The Morgan fingerprint density at radius 3 is 2.60 bits per heavy atom. The SMILES string of the molecule is CC(C)(C#N)CNC(=O)CCCCCN. The second-order valence-electron chi connectivity index (χ2n) is 4.37. The highest BCUT2D eigenvalue weighted by atomic mass is 16.1. The average molecular weight is 211 g/mol. The summed E-state index contributed by atoms with van der Waals surface area (Å²) in [6, 6.07) is 2.14. The van der Waals surface area contributed by atoms with Crippen LogP contribution in [0.2, 0.25) is 0 Å². The van der Waals surface area contributed by atoms with Crippen LogP contribution in [-0.4, -0.2) is 19.0 Å². The van der Waals surface area contributed by atoms with Crippen molar-refractivity contribution < 1.29 is 4.79 Å². The van der Waals surface area contributed by atoms with E-state index in [4.69, 9.17) is 11.0 Å². The lowest BCUT2D eigenvalue weighted by molar-refractivity contribution is -0.121. The summed E-state index contributed by atoms with van der Waals surface area (Å²) in [5.74, 6) is 0.0235. The van der Waals surface area contributed by atoms with Gasteiger partial charge in [-0.2, -0.15) is 5.26 Å². The quantitative estimate of drug-likeness (QED) is 0.620. The molecule has 0 aliphatic heterocycles. The first-order valence-electron chi connectivity index (χ1n) is 5.40. The predicted molar refractivity (Wildman–Crippen MR) is 59.9 cm³/mol. The van der Waals surface area contributed by atoms with Crippen molar-refractivity contribution in [2.75, 3.05) is 13.1 Å². The molecule has 4 nitrogen and oxygen atoms in total. The Balaban J connectivity index is 3.55. The number of nitriles is 1. The number of carbonyl (C=O) groups is 1. The molecule has 0 aromatic rings. The fraction of sp³-hybridized carbons (Fsp3) is 0.818. The van der Waals surface area contributed by atoms with E-state index in [1.165, 1.54) is 0 Å². The Morgan fingerprint density at radius 1 is 1.40 bits per heavy atom. The Labute approximate surface area is 91.8 Å². The zero-order chi connectivity index (χ0) is 11.7. The lowest BCUT2D eigenvalue weighted by Gasteiger charge is -2.15. The third-order valence-electron chi connectivity index (χ3n) is 2.14. The highest BCUT2D eigenvalue weighted by molar-refractivity contribution is 5.75. The third-order valence-corrected chi connectivity index (χ3v) is 2.14. The number of amides is 1. The van der Waals surface area contributed by atoms with Crippen molar-refractivity contribution in [3.63, 3.8) is 0 Å². The number of rotatable bonds is 7. The number of carbonyl (C=O) groups excluding carboxylic acids is 1. The van der Waals surface area contributed by atoms with Crippen molar-refractivity contribution in [2.24, 2.45) is 11.1 Å². The number of nitrogens with two attached hydrogens (primary N) is 1. The smallest absolute Gasteiger partial charge is 0.220 e. The molecule has 0 rings (SSSR count). The molecule has 0 aromatic carbocycles. The lowest BCUT2D eigenvalue weighted by Crippen LogP contribution is -2.32. The molecule has 0 spiro atoms. The maximum absolute atomic E-state index is 11.3. The standard InChI is InChI=1S/C11H21N3O/c1-11(2,8-13)9-14-10(15)6-4-3-5-7-12/h3-7,9,12H2,1-2H3,(H,14,15). The van der Waals surface area contributed by atoms with Crippen LogP contribution in [0.25, 0.3) is 0 Å². The largest absolute Gasteiger partial charge is 0.355 e. The third kappa shape index (κ3) is 7.95. The topological polar surface area (TPSA) is 78.9 Å². The highest BCUT2D eigenvalue weighted by Crippen LogP contribution is 2.10. The zero-order valence-electron chi connectivity index (χ0n) is 9.68. The van der Waals surface area contributed by atoms with Crippen LogP contribution in [0.15, 0.2) is 0 Å². The van der Waals surface area contributed by atoms with E-state index in [-0.39, 0.29) is 5.91 Å². The van der Waals surface area contributed by atoms with Crippen molar-refractivity contribution in [3.05, 3.63) is 0 Å². The van der Waals surface area contributed by atoms with Crippen LogP contribution in [0.3, 0.4) is 0 Å². The van der Waals surface area contributed by atoms with Crippen LogP contribution in [0.1, 0.15) is 39.5 Å². The summed E-state index contributed by atoms with van der Waals surface area (Å²) in [5, 5.41) is 11.5. The molecule has 3 N–H and O–H groups in total. The van der Waals surface area contributed by atoms with Gasteiger partial charge in [-0.05, 0) is 33.2 Å². The van der Waals surface area contributed by atoms with Gasteiger partial charge < -0.3 is 11.1 Å². The van der Waals surface area contributed by atoms with E-state index in [9.17, 15) is 4.79 Å². The van der Waals surface area contributed by atoms with Gasteiger partial charge in [-0.1, -0.05) is 6.42 Å². The van der Waals surface area contributed by atoms with Gasteiger partial charge in [0.2, 0.25) is 5.91 Å². The molecular weight excluding hydrogens is 190 g/mol.